The maximum Gasteiger partial charge on any atom is 0.275 e. The largest absolute Gasteiger partial charge is 0.368 e. The first kappa shape index (κ1) is 15.3. The third-order valence-corrected chi connectivity index (χ3v) is 4.53. The van der Waals surface area contributed by atoms with Crippen molar-refractivity contribution < 1.29 is 9.78 Å². The highest BCUT2D eigenvalue weighted by molar-refractivity contribution is 6.04. The van der Waals surface area contributed by atoms with Crippen LogP contribution in [0, 0.1) is 0 Å². The Bertz CT molecular complexity index is 962. The van der Waals surface area contributed by atoms with Gasteiger partial charge < -0.3 is 9.80 Å². The molecule has 0 spiro atoms. The van der Waals surface area contributed by atoms with Crippen LogP contribution in [0.5, 0.6) is 0 Å². The molecular weight excluding hydrogens is 318 g/mol. The average Bonchev–Trinajstić information content (AvgIpc) is 2.69. The van der Waals surface area contributed by atoms with Gasteiger partial charge in [0.15, 0.2) is 18.1 Å². The summed E-state index contributed by atoms with van der Waals surface area (Å²) in [4.78, 5) is 31.8. The van der Waals surface area contributed by atoms with Crippen LogP contribution >= 0.6 is 0 Å². The molecule has 0 bridgehead atoms. The smallest absolute Gasteiger partial charge is 0.275 e. The quantitative estimate of drug-likeness (QED) is 0.747. The zero-order valence-corrected chi connectivity index (χ0v) is 13.6. The summed E-state index contributed by atoms with van der Waals surface area (Å²) in [6, 6.07) is 11.1. The van der Waals surface area contributed by atoms with E-state index >= 15 is 0 Å². The Hall–Kier alpha value is -3.22. The van der Waals surface area contributed by atoms with Crippen molar-refractivity contribution >= 4 is 22.4 Å². The number of nitrogens with one attached hydrogen (secondary N) is 2. The van der Waals surface area contributed by atoms with Crippen LogP contribution in [0.15, 0.2) is 53.6 Å². The number of pyridine rings is 1. The van der Waals surface area contributed by atoms with Gasteiger partial charge in [0.05, 0.1) is 5.39 Å². The van der Waals surface area contributed by atoms with Crippen LogP contribution in [0.2, 0.25) is 0 Å². The lowest BCUT2D eigenvalue weighted by atomic mass is 10.1. The molecule has 25 heavy (non-hydrogen) atoms. The lowest BCUT2D eigenvalue weighted by Gasteiger charge is -2.35. The monoisotopic (exact) mass is 336 g/mol. The van der Waals surface area contributed by atoms with E-state index in [-0.39, 0.29) is 11.5 Å². The van der Waals surface area contributed by atoms with Crippen LogP contribution in [-0.4, -0.2) is 47.2 Å². The molecule has 1 aromatic carbocycles. The summed E-state index contributed by atoms with van der Waals surface area (Å²) in [5, 5.41) is 7.52. The molecule has 1 saturated heterocycles. The van der Waals surface area contributed by atoms with E-state index in [9.17, 15) is 9.59 Å². The topological polar surface area (TPSA) is 83.4 Å². The fraction of sp³-hybridized carbons (Fsp3) is 0.222. The number of aromatic amines is 2. The van der Waals surface area contributed by atoms with E-state index in [1.165, 1.54) is 0 Å². The Labute approximate surface area is 143 Å². The standard InChI is InChI=1S/C18H17N5O2/c24-17-15-4-2-1-3-14(15)16(20-21-17)18(25)23-11-9-22(10-12-23)13-5-7-19-8-6-13/h1-8H,9-12H2,(H,21,24)/p+1. The SMILES string of the molecule is O=C(c1n[nH]c(=O)c2ccccc12)N1CCN(c2cc[nH+]cc2)CC1. The van der Waals surface area contributed by atoms with Crippen molar-refractivity contribution in [2.24, 2.45) is 0 Å². The Morgan fingerprint density at radius 1 is 1.00 bits per heavy atom. The van der Waals surface area contributed by atoms with Gasteiger partial charge in [0.1, 0.15) is 0 Å². The van der Waals surface area contributed by atoms with Gasteiger partial charge in [-0.2, -0.15) is 5.10 Å². The molecule has 0 aliphatic carbocycles. The molecule has 1 aliphatic heterocycles. The van der Waals surface area contributed by atoms with Crippen molar-refractivity contribution in [3.8, 4) is 0 Å². The highest BCUT2D eigenvalue weighted by Crippen LogP contribution is 2.18. The van der Waals surface area contributed by atoms with Gasteiger partial charge in [0.2, 0.25) is 0 Å². The van der Waals surface area contributed by atoms with Crippen LogP contribution in [-0.2, 0) is 0 Å². The second kappa shape index (κ2) is 6.35. The molecule has 2 aromatic heterocycles. The summed E-state index contributed by atoms with van der Waals surface area (Å²) in [7, 11) is 0. The summed E-state index contributed by atoms with van der Waals surface area (Å²) in [6.07, 6.45) is 3.78. The highest BCUT2D eigenvalue weighted by Gasteiger charge is 2.25. The van der Waals surface area contributed by atoms with Gasteiger partial charge in [0, 0.05) is 49.4 Å². The van der Waals surface area contributed by atoms with Crippen molar-refractivity contribution in [2.45, 2.75) is 0 Å². The molecule has 1 aliphatic rings. The minimum atomic E-state index is -0.280. The van der Waals surface area contributed by atoms with Crippen molar-refractivity contribution in [1.29, 1.82) is 0 Å². The molecule has 7 heteroatoms. The fourth-order valence-electron chi connectivity index (χ4n) is 3.18. The third-order valence-electron chi connectivity index (χ3n) is 4.53. The number of carbonyl (C=O) groups excluding carboxylic acids is 1. The second-order valence-electron chi connectivity index (χ2n) is 5.98. The van der Waals surface area contributed by atoms with Gasteiger partial charge >= 0.3 is 0 Å². The van der Waals surface area contributed by atoms with Crippen LogP contribution in [0.25, 0.3) is 10.8 Å². The van der Waals surface area contributed by atoms with Crippen LogP contribution < -0.4 is 15.4 Å². The summed E-state index contributed by atoms with van der Waals surface area (Å²) < 4.78 is 0. The summed E-state index contributed by atoms with van der Waals surface area (Å²) in [5.74, 6) is -0.145. The number of carbonyl (C=O) groups is 1. The molecule has 3 aromatic rings. The number of hydrogen-bond donors (Lipinski definition) is 1. The molecule has 0 radical (unpaired) electrons. The number of fused-ring (bicyclic) bond motifs is 1. The molecule has 1 amide bonds. The van der Waals surface area contributed by atoms with E-state index in [0.29, 0.717) is 29.6 Å². The third kappa shape index (κ3) is 2.84. The molecule has 126 valence electrons. The van der Waals surface area contributed by atoms with Gasteiger partial charge in [-0.1, -0.05) is 18.2 Å². The average molecular weight is 336 g/mol. The summed E-state index contributed by atoms with van der Waals surface area (Å²) in [6.45, 7) is 2.76. The van der Waals surface area contributed by atoms with Gasteiger partial charge in [-0.05, 0) is 6.07 Å². The van der Waals surface area contributed by atoms with E-state index in [1.54, 1.807) is 23.1 Å². The molecular formula is C18H18N5O2+. The van der Waals surface area contributed by atoms with Crippen molar-refractivity contribution in [3.63, 3.8) is 0 Å². The van der Waals surface area contributed by atoms with Gasteiger partial charge in [-0.3, -0.25) is 9.59 Å². The molecule has 1 fully saturated rings. The van der Waals surface area contributed by atoms with Crippen LogP contribution in [0.3, 0.4) is 0 Å². The first-order valence-electron chi connectivity index (χ1n) is 8.22. The van der Waals surface area contributed by atoms with Gasteiger partial charge in [-0.15, -0.1) is 0 Å². The van der Waals surface area contributed by atoms with E-state index in [2.05, 4.69) is 20.1 Å². The number of H-pyrrole nitrogens is 2. The van der Waals surface area contributed by atoms with Crippen LogP contribution in [0.4, 0.5) is 5.69 Å². The Morgan fingerprint density at radius 2 is 1.68 bits per heavy atom. The van der Waals surface area contributed by atoms with Gasteiger partial charge in [0.25, 0.3) is 11.5 Å². The molecule has 0 atom stereocenters. The predicted octanol–water partition coefficient (Wildman–Crippen LogP) is 0.700. The van der Waals surface area contributed by atoms with Crippen LogP contribution in [0.1, 0.15) is 10.5 Å². The number of rotatable bonds is 2. The number of hydrogen-bond acceptors (Lipinski definition) is 4. The van der Waals surface area contributed by atoms with E-state index < -0.39 is 0 Å². The van der Waals surface area contributed by atoms with E-state index in [0.717, 1.165) is 18.8 Å². The molecule has 2 N–H and O–H groups in total. The molecule has 7 nitrogen and oxygen atoms in total. The number of amides is 1. The first-order valence-corrected chi connectivity index (χ1v) is 8.22. The number of nitrogens with zero attached hydrogens (tertiary/aromatic N) is 3. The van der Waals surface area contributed by atoms with E-state index in [1.807, 2.05) is 30.6 Å². The second-order valence-corrected chi connectivity index (χ2v) is 5.98. The highest BCUT2D eigenvalue weighted by atomic mass is 16.2. The maximum absolute atomic E-state index is 12.9. The first-order chi connectivity index (χ1) is 12.2. The lowest BCUT2D eigenvalue weighted by molar-refractivity contribution is -0.377. The fourth-order valence-corrected chi connectivity index (χ4v) is 3.18. The van der Waals surface area contributed by atoms with Crippen molar-refractivity contribution in [3.05, 3.63) is 64.8 Å². The lowest BCUT2D eigenvalue weighted by Crippen LogP contribution is -2.49. The Morgan fingerprint density at radius 3 is 2.40 bits per heavy atom. The number of aromatic nitrogens is 3. The maximum atomic E-state index is 12.9. The predicted molar refractivity (Wildman–Crippen MR) is 93.5 cm³/mol. The zero-order valence-electron chi connectivity index (χ0n) is 13.6. The molecule has 0 saturated carbocycles. The normalized spacial score (nSPS) is 14.7. The minimum Gasteiger partial charge on any atom is -0.368 e. The summed E-state index contributed by atoms with van der Waals surface area (Å²) in [5.41, 5.74) is 1.16. The Balaban J connectivity index is 1.55. The van der Waals surface area contributed by atoms with Crippen molar-refractivity contribution in [2.75, 3.05) is 31.1 Å². The Kier molecular flexibility index (Phi) is 3.89. The number of benzene rings is 1. The number of piperazine rings is 1. The summed E-state index contributed by atoms with van der Waals surface area (Å²) >= 11 is 0. The zero-order chi connectivity index (χ0) is 17.2. The van der Waals surface area contributed by atoms with Gasteiger partial charge in [-0.25, -0.2) is 10.1 Å². The molecule has 4 rings (SSSR count). The molecule has 3 heterocycles. The number of anilines is 1. The minimum absolute atomic E-state index is 0.145. The van der Waals surface area contributed by atoms with Crippen molar-refractivity contribution in [1.82, 2.24) is 15.1 Å². The van der Waals surface area contributed by atoms with E-state index in [4.69, 9.17) is 0 Å². The molecule has 0 unspecified atom stereocenters.